The smallest absolute Gasteiger partial charge is 0.256 e. The van der Waals surface area contributed by atoms with E-state index in [9.17, 15) is 4.79 Å². The van der Waals surface area contributed by atoms with E-state index < -0.39 is 0 Å². The molecule has 0 saturated heterocycles. The fraction of sp³-hybridized carbons (Fsp3) is 0.0833. The van der Waals surface area contributed by atoms with E-state index in [1.54, 1.807) is 24.4 Å². The van der Waals surface area contributed by atoms with Crippen LogP contribution in [0.1, 0.15) is 15.9 Å². The van der Waals surface area contributed by atoms with Crippen LogP contribution in [-0.2, 0) is 0 Å². The van der Waals surface area contributed by atoms with E-state index in [4.69, 9.17) is 5.73 Å². The average Bonchev–Trinajstić information content (AvgIpc) is 2.34. The minimum absolute atomic E-state index is 0.253. The lowest BCUT2D eigenvalue weighted by Crippen LogP contribution is -2.13. The van der Waals surface area contributed by atoms with Gasteiger partial charge in [-0.1, -0.05) is 6.07 Å². The predicted octanol–water partition coefficient (Wildman–Crippen LogP) is 1.62. The number of aryl methyl sites for hydroxylation is 1. The summed E-state index contributed by atoms with van der Waals surface area (Å²) >= 11 is 0. The van der Waals surface area contributed by atoms with Gasteiger partial charge in [-0.05, 0) is 24.6 Å². The van der Waals surface area contributed by atoms with Gasteiger partial charge in [0.1, 0.15) is 0 Å². The minimum atomic E-state index is -0.253. The Balaban J connectivity index is 2.18. The Morgan fingerprint density at radius 1 is 1.35 bits per heavy atom. The summed E-state index contributed by atoms with van der Waals surface area (Å²) in [5.74, 6) is 0.161. The van der Waals surface area contributed by atoms with Crippen molar-refractivity contribution in [3.63, 3.8) is 0 Å². The van der Waals surface area contributed by atoms with Crippen LogP contribution in [0.15, 0.2) is 36.8 Å². The lowest BCUT2D eigenvalue weighted by atomic mass is 10.1. The molecule has 0 atom stereocenters. The molecule has 17 heavy (non-hydrogen) atoms. The Morgan fingerprint density at radius 3 is 2.82 bits per heavy atom. The number of benzene rings is 1. The number of hydrogen-bond acceptors (Lipinski definition) is 4. The predicted molar refractivity (Wildman–Crippen MR) is 65.6 cm³/mol. The molecule has 1 amide bonds. The van der Waals surface area contributed by atoms with Crippen LogP contribution in [0.25, 0.3) is 0 Å². The Morgan fingerprint density at radius 2 is 2.18 bits per heavy atom. The van der Waals surface area contributed by atoms with E-state index in [0.717, 1.165) is 5.56 Å². The second-order valence-electron chi connectivity index (χ2n) is 3.62. The minimum Gasteiger partial charge on any atom is -0.398 e. The summed E-state index contributed by atoms with van der Waals surface area (Å²) in [7, 11) is 0. The summed E-state index contributed by atoms with van der Waals surface area (Å²) < 4.78 is 0. The van der Waals surface area contributed by atoms with Gasteiger partial charge in [0, 0.05) is 23.6 Å². The number of nitrogens with one attached hydrogen (secondary N) is 1. The van der Waals surface area contributed by atoms with Crippen LogP contribution in [0.3, 0.4) is 0 Å². The van der Waals surface area contributed by atoms with Crippen LogP contribution in [0.4, 0.5) is 11.5 Å². The summed E-state index contributed by atoms with van der Waals surface area (Å²) in [5, 5.41) is 2.64. The summed E-state index contributed by atoms with van der Waals surface area (Å²) in [6.45, 7) is 1.89. The highest BCUT2D eigenvalue weighted by molar-refractivity contribution is 6.04. The van der Waals surface area contributed by atoms with Gasteiger partial charge in [-0.15, -0.1) is 0 Å². The number of anilines is 2. The molecule has 3 N–H and O–H groups in total. The zero-order valence-corrected chi connectivity index (χ0v) is 9.34. The first-order valence-corrected chi connectivity index (χ1v) is 5.10. The van der Waals surface area contributed by atoms with E-state index in [1.807, 2.05) is 6.92 Å². The molecule has 0 spiro atoms. The van der Waals surface area contributed by atoms with Crippen molar-refractivity contribution < 1.29 is 4.79 Å². The molecular weight excluding hydrogens is 216 g/mol. The number of nitrogen functional groups attached to an aromatic ring is 1. The third-order valence-corrected chi connectivity index (χ3v) is 2.35. The molecule has 0 saturated carbocycles. The zero-order chi connectivity index (χ0) is 12.3. The number of aromatic nitrogens is 2. The fourth-order valence-corrected chi connectivity index (χ4v) is 1.33. The Hall–Kier alpha value is -2.43. The van der Waals surface area contributed by atoms with Gasteiger partial charge < -0.3 is 11.1 Å². The Labute approximate surface area is 98.7 Å². The molecule has 1 heterocycles. The standard InChI is InChI=1S/C12H12N4O/c1-8-2-3-9(6-10(8)13)12(17)16-11-7-14-4-5-15-11/h2-7H,13H2,1H3,(H,15,16,17). The maximum Gasteiger partial charge on any atom is 0.256 e. The molecule has 2 rings (SSSR count). The van der Waals surface area contributed by atoms with Crippen molar-refractivity contribution in [2.45, 2.75) is 6.92 Å². The third kappa shape index (κ3) is 2.57. The van der Waals surface area contributed by atoms with Crippen LogP contribution < -0.4 is 11.1 Å². The molecule has 5 heteroatoms. The molecule has 0 radical (unpaired) electrons. The topological polar surface area (TPSA) is 80.9 Å². The van der Waals surface area contributed by atoms with Crippen molar-refractivity contribution >= 4 is 17.4 Å². The number of carbonyl (C=O) groups excluding carboxylic acids is 1. The first-order valence-electron chi connectivity index (χ1n) is 5.10. The summed E-state index contributed by atoms with van der Waals surface area (Å²) in [5.41, 5.74) is 7.78. The van der Waals surface area contributed by atoms with Crippen LogP contribution in [0.5, 0.6) is 0 Å². The van der Waals surface area contributed by atoms with E-state index in [0.29, 0.717) is 17.1 Å². The van der Waals surface area contributed by atoms with Gasteiger partial charge >= 0.3 is 0 Å². The van der Waals surface area contributed by atoms with Crippen LogP contribution in [0, 0.1) is 6.92 Å². The van der Waals surface area contributed by atoms with Gasteiger partial charge in [0.25, 0.3) is 5.91 Å². The highest BCUT2D eigenvalue weighted by atomic mass is 16.1. The first kappa shape index (κ1) is 11.1. The zero-order valence-electron chi connectivity index (χ0n) is 9.34. The van der Waals surface area contributed by atoms with Gasteiger partial charge in [0.2, 0.25) is 0 Å². The highest BCUT2D eigenvalue weighted by Crippen LogP contribution is 2.13. The quantitative estimate of drug-likeness (QED) is 0.765. The number of nitrogens with zero attached hydrogens (tertiary/aromatic N) is 2. The number of hydrogen-bond donors (Lipinski definition) is 2. The van der Waals surface area contributed by atoms with Crippen LogP contribution >= 0.6 is 0 Å². The van der Waals surface area contributed by atoms with Crippen molar-refractivity contribution in [2.24, 2.45) is 0 Å². The second kappa shape index (κ2) is 4.61. The Kier molecular flexibility index (Phi) is 3.00. The van der Waals surface area contributed by atoms with E-state index >= 15 is 0 Å². The molecule has 0 aliphatic rings. The Bertz CT molecular complexity index is 539. The van der Waals surface area contributed by atoms with E-state index in [2.05, 4.69) is 15.3 Å². The van der Waals surface area contributed by atoms with Crippen molar-refractivity contribution in [3.8, 4) is 0 Å². The summed E-state index contributed by atoms with van der Waals surface area (Å²) in [4.78, 5) is 19.7. The van der Waals surface area contributed by atoms with Crippen molar-refractivity contribution in [1.82, 2.24) is 9.97 Å². The van der Waals surface area contributed by atoms with Crippen molar-refractivity contribution in [3.05, 3.63) is 47.9 Å². The van der Waals surface area contributed by atoms with Crippen LogP contribution in [0.2, 0.25) is 0 Å². The fourth-order valence-electron chi connectivity index (χ4n) is 1.33. The molecule has 0 aliphatic carbocycles. The van der Waals surface area contributed by atoms with Gasteiger partial charge in [0.15, 0.2) is 5.82 Å². The normalized spacial score (nSPS) is 9.94. The molecule has 0 bridgehead atoms. The van der Waals surface area contributed by atoms with Gasteiger partial charge in [-0.25, -0.2) is 4.98 Å². The lowest BCUT2D eigenvalue weighted by molar-refractivity contribution is 0.102. The maximum absolute atomic E-state index is 11.8. The average molecular weight is 228 g/mol. The number of amides is 1. The van der Waals surface area contributed by atoms with E-state index in [1.165, 1.54) is 12.4 Å². The summed E-state index contributed by atoms with van der Waals surface area (Å²) in [6, 6.07) is 5.17. The van der Waals surface area contributed by atoms with Gasteiger partial charge in [0.05, 0.1) is 6.20 Å². The third-order valence-electron chi connectivity index (χ3n) is 2.35. The SMILES string of the molecule is Cc1ccc(C(=O)Nc2cnccn2)cc1N. The van der Waals surface area contributed by atoms with Crippen molar-refractivity contribution in [1.29, 1.82) is 0 Å². The molecule has 0 aliphatic heterocycles. The first-order chi connectivity index (χ1) is 8.16. The number of rotatable bonds is 2. The van der Waals surface area contributed by atoms with E-state index in [-0.39, 0.29) is 5.91 Å². The lowest BCUT2D eigenvalue weighted by Gasteiger charge is -2.05. The van der Waals surface area contributed by atoms with Gasteiger partial charge in [-0.2, -0.15) is 0 Å². The molecular formula is C12H12N4O. The number of nitrogens with two attached hydrogens (primary N) is 1. The molecule has 86 valence electrons. The van der Waals surface area contributed by atoms with Crippen molar-refractivity contribution in [2.75, 3.05) is 11.1 Å². The molecule has 2 aromatic rings. The maximum atomic E-state index is 11.8. The monoisotopic (exact) mass is 228 g/mol. The van der Waals surface area contributed by atoms with Gasteiger partial charge in [-0.3, -0.25) is 9.78 Å². The molecule has 5 nitrogen and oxygen atoms in total. The molecule has 1 aromatic heterocycles. The highest BCUT2D eigenvalue weighted by Gasteiger charge is 2.07. The molecule has 0 unspecified atom stereocenters. The molecule has 1 aromatic carbocycles. The number of carbonyl (C=O) groups is 1. The summed E-state index contributed by atoms with van der Waals surface area (Å²) in [6.07, 6.45) is 4.54. The second-order valence-corrected chi connectivity index (χ2v) is 3.62. The largest absolute Gasteiger partial charge is 0.398 e. The molecule has 0 fully saturated rings. The van der Waals surface area contributed by atoms with Crippen LogP contribution in [-0.4, -0.2) is 15.9 Å².